The van der Waals surface area contributed by atoms with Crippen LogP contribution < -0.4 is 11.3 Å². The summed E-state index contributed by atoms with van der Waals surface area (Å²) in [6.45, 7) is 0. The first-order chi connectivity index (χ1) is 9.79. The second-order valence-corrected chi connectivity index (χ2v) is 6.11. The zero-order valence-electron chi connectivity index (χ0n) is 11.6. The van der Waals surface area contributed by atoms with Crippen molar-refractivity contribution in [2.75, 3.05) is 0 Å². The number of hydrogen-bond donors (Lipinski definition) is 2. The highest BCUT2D eigenvalue weighted by molar-refractivity contribution is 6.34. The van der Waals surface area contributed by atoms with Gasteiger partial charge in [-0.05, 0) is 30.9 Å². The van der Waals surface area contributed by atoms with E-state index in [2.05, 4.69) is 11.5 Å². The first kappa shape index (κ1) is 13.9. The summed E-state index contributed by atoms with van der Waals surface area (Å²) in [6.07, 6.45) is 7.65. The fraction of sp³-hybridized carbons (Fsp3) is 0.500. The topological polar surface area (TPSA) is 51.2 Å². The Hall–Kier alpha value is -1.03. The van der Waals surface area contributed by atoms with Crippen molar-refractivity contribution >= 4 is 22.6 Å². The van der Waals surface area contributed by atoms with E-state index in [1.165, 1.54) is 38.5 Å². The quantitative estimate of drug-likeness (QED) is 0.495. The van der Waals surface area contributed by atoms with Crippen LogP contribution in [0.25, 0.3) is 11.0 Å². The van der Waals surface area contributed by atoms with Crippen molar-refractivity contribution < 1.29 is 4.42 Å². The Morgan fingerprint density at radius 1 is 1.20 bits per heavy atom. The van der Waals surface area contributed by atoms with Gasteiger partial charge < -0.3 is 4.42 Å². The first-order valence-electron chi connectivity index (χ1n) is 7.43. The number of nitrogens with one attached hydrogen (secondary N) is 1. The molecule has 0 amide bonds. The van der Waals surface area contributed by atoms with Gasteiger partial charge in [-0.3, -0.25) is 5.84 Å². The van der Waals surface area contributed by atoms with Gasteiger partial charge in [0.1, 0.15) is 5.76 Å². The molecule has 1 atom stereocenters. The van der Waals surface area contributed by atoms with Crippen molar-refractivity contribution in [2.45, 2.75) is 44.6 Å². The lowest BCUT2D eigenvalue weighted by Crippen LogP contribution is -2.33. The largest absolute Gasteiger partial charge is 0.458 e. The minimum Gasteiger partial charge on any atom is -0.458 e. The standard InChI is InChI=1S/C16H21ClN2O/c17-13-9-5-8-12-10-14(20-16(12)13)15(19-18)11-6-3-1-2-4-7-11/h5,8-11,15,19H,1-4,6-7,18H2. The normalized spacial score (nSPS) is 19.1. The zero-order valence-corrected chi connectivity index (χ0v) is 12.3. The molecule has 1 saturated carbocycles. The summed E-state index contributed by atoms with van der Waals surface area (Å²) in [5.41, 5.74) is 3.72. The lowest BCUT2D eigenvalue weighted by atomic mass is 9.90. The zero-order chi connectivity index (χ0) is 13.9. The van der Waals surface area contributed by atoms with Crippen LogP contribution in [0, 0.1) is 5.92 Å². The number of para-hydroxylation sites is 1. The summed E-state index contributed by atoms with van der Waals surface area (Å²) < 4.78 is 5.97. The Balaban J connectivity index is 1.92. The van der Waals surface area contributed by atoms with Gasteiger partial charge in [0.25, 0.3) is 0 Å². The molecule has 4 heteroatoms. The van der Waals surface area contributed by atoms with Crippen LogP contribution in [0.5, 0.6) is 0 Å². The number of halogens is 1. The summed E-state index contributed by atoms with van der Waals surface area (Å²) in [5, 5.41) is 1.70. The molecule has 108 valence electrons. The third-order valence-corrected chi connectivity index (χ3v) is 4.67. The molecule has 1 heterocycles. The third kappa shape index (κ3) is 2.71. The van der Waals surface area contributed by atoms with E-state index in [4.69, 9.17) is 21.9 Å². The van der Waals surface area contributed by atoms with E-state index in [9.17, 15) is 0 Å². The van der Waals surface area contributed by atoms with Gasteiger partial charge in [-0.15, -0.1) is 0 Å². The van der Waals surface area contributed by atoms with Crippen LogP contribution in [-0.2, 0) is 0 Å². The lowest BCUT2D eigenvalue weighted by molar-refractivity contribution is 0.291. The van der Waals surface area contributed by atoms with E-state index in [1.54, 1.807) is 0 Å². The SMILES string of the molecule is NNC(c1cc2cccc(Cl)c2o1)C1CCCCCC1. The van der Waals surface area contributed by atoms with Crippen LogP contribution >= 0.6 is 11.6 Å². The maximum atomic E-state index is 6.18. The average Bonchev–Trinajstić information content (AvgIpc) is 2.70. The second-order valence-electron chi connectivity index (χ2n) is 5.70. The van der Waals surface area contributed by atoms with Gasteiger partial charge >= 0.3 is 0 Å². The van der Waals surface area contributed by atoms with Crippen molar-refractivity contribution in [3.63, 3.8) is 0 Å². The predicted molar refractivity (Wildman–Crippen MR) is 82.5 cm³/mol. The number of fused-ring (bicyclic) bond motifs is 1. The second kappa shape index (κ2) is 6.17. The minimum absolute atomic E-state index is 0.0802. The molecule has 0 aliphatic heterocycles. The van der Waals surface area contributed by atoms with Gasteiger partial charge in [0, 0.05) is 5.39 Å². The van der Waals surface area contributed by atoms with Crippen molar-refractivity contribution in [1.82, 2.24) is 5.43 Å². The molecule has 3 N–H and O–H groups in total. The smallest absolute Gasteiger partial charge is 0.152 e. The van der Waals surface area contributed by atoms with Gasteiger partial charge in [-0.2, -0.15) is 0 Å². The number of nitrogens with two attached hydrogens (primary N) is 1. The molecule has 1 aromatic heterocycles. The molecule has 3 nitrogen and oxygen atoms in total. The van der Waals surface area contributed by atoms with Gasteiger partial charge in [0.2, 0.25) is 0 Å². The molecular weight excluding hydrogens is 272 g/mol. The van der Waals surface area contributed by atoms with E-state index >= 15 is 0 Å². The first-order valence-corrected chi connectivity index (χ1v) is 7.81. The number of rotatable bonds is 3. The van der Waals surface area contributed by atoms with Crippen molar-refractivity contribution in [2.24, 2.45) is 11.8 Å². The fourth-order valence-electron chi connectivity index (χ4n) is 3.30. The van der Waals surface area contributed by atoms with E-state index in [1.807, 2.05) is 18.2 Å². The van der Waals surface area contributed by atoms with Crippen LogP contribution in [0.15, 0.2) is 28.7 Å². The van der Waals surface area contributed by atoms with Crippen LogP contribution in [0.2, 0.25) is 5.02 Å². The monoisotopic (exact) mass is 292 g/mol. The number of benzene rings is 1. The Bertz CT molecular complexity index is 573. The molecule has 1 aromatic carbocycles. The number of hydrazine groups is 1. The van der Waals surface area contributed by atoms with Gasteiger partial charge in [0.05, 0.1) is 11.1 Å². The molecule has 0 bridgehead atoms. The lowest BCUT2D eigenvalue weighted by Gasteiger charge is -2.23. The summed E-state index contributed by atoms with van der Waals surface area (Å²) in [5.74, 6) is 7.25. The molecule has 1 aliphatic carbocycles. The molecule has 20 heavy (non-hydrogen) atoms. The minimum atomic E-state index is 0.0802. The summed E-state index contributed by atoms with van der Waals surface area (Å²) in [4.78, 5) is 0. The third-order valence-electron chi connectivity index (χ3n) is 4.37. The highest BCUT2D eigenvalue weighted by atomic mass is 35.5. The molecule has 3 rings (SSSR count). The Morgan fingerprint density at radius 3 is 2.60 bits per heavy atom. The van der Waals surface area contributed by atoms with Crippen molar-refractivity contribution in [1.29, 1.82) is 0 Å². The highest BCUT2D eigenvalue weighted by Crippen LogP contribution is 2.36. The summed E-state index contributed by atoms with van der Waals surface area (Å²) >= 11 is 6.18. The maximum Gasteiger partial charge on any atom is 0.152 e. The summed E-state index contributed by atoms with van der Waals surface area (Å²) in [7, 11) is 0. The van der Waals surface area contributed by atoms with Crippen LogP contribution in [0.4, 0.5) is 0 Å². The van der Waals surface area contributed by atoms with E-state index in [-0.39, 0.29) is 6.04 Å². The Labute approximate surface area is 124 Å². The number of furan rings is 1. The van der Waals surface area contributed by atoms with Crippen molar-refractivity contribution in [3.8, 4) is 0 Å². The van der Waals surface area contributed by atoms with Gasteiger partial charge in [0.15, 0.2) is 5.58 Å². The molecule has 1 aliphatic rings. The van der Waals surface area contributed by atoms with Crippen LogP contribution in [0.1, 0.15) is 50.3 Å². The van der Waals surface area contributed by atoms with E-state index in [0.717, 1.165) is 16.7 Å². The number of hydrogen-bond acceptors (Lipinski definition) is 3. The van der Waals surface area contributed by atoms with E-state index in [0.29, 0.717) is 10.9 Å². The van der Waals surface area contributed by atoms with Crippen LogP contribution in [-0.4, -0.2) is 0 Å². The van der Waals surface area contributed by atoms with E-state index < -0.39 is 0 Å². The Morgan fingerprint density at radius 2 is 1.95 bits per heavy atom. The van der Waals surface area contributed by atoms with Gasteiger partial charge in [-0.25, -0.2) is 5.43 Å². The average molecular weight is 293 g/mol. The Kier molecular flexibility index (Phi) is 4.29. The maximum absolute atomic E-state index is 6.18. The predicted octanol–water partition coefficient (Wildman–Crippen LogP) is 4.56. The molecule has 1 unspecified atom stereocenters. The molecular formula is C16H21ClN2O. The molecule has 2 aromatic rings. The van der Waals surface area contributed by atoms with Crippen molar-refractivity contribution in [3.05, 3.63) is 35.0 Å². The molecule has 1 fully saturated rings. The fourth-order valence-corrected chi connectivity index (χ4v) is 3.52. The summed E-state index contributed by atoms with van der Waals surface area (Å²) in [6, 6.07) is 7.97. The molecule has 0 saturated heterocycles. The molecule has 0 radical (unpaired) electrons. The van der Waals surface area contributed by atoms with Crippen LogP contribution in [0.3, 0.4) is 0 Å². The molecule has 0 spiro atoms. The highest BCUT2D eigenvalue weighted by Gasteiger charge is 2.26. The van der Waals surface area contributed by atoms with Gasteiger partial charge in [-0.1, -0.05) is 49.4 Å².